The molecule has 0 spiro atoms. The minimum atomic E-state index is 0.525. The molecule has 0 radical (unpaired) electrons. The number of rotatable bonds is 3. The Hall–Kier alpha value is -1.65. The van der Waals surface area contributed by atoms with Crippen molar-refractivity contribution in [2.75, 3.05) is 5.32 Å². The fourth-order valence-electron chi connectivity index (χ4n) is 2.11. The molecule has 1 fully saturated rings. The molecule has 1 aromatic carbocycles. The monoisotopic (exact) mass is 301 g/mol. The highest BCUT2D eigenvalue weighted by Gasteiger charge is 2.22. The summed E-state index contributed by atoms with van der Waals surface area (Å²) in [5.41, 5.74) is 1.18. The van der Waals surface area contributed by atoms with Gasteiger partial charge in [-0.2, -0.15) is 0 Å². The van der Waals surface area contributed by atoms with Crippen molar-refractivity contribution in [1.82, 2.24) is 9.97 Å². The lowest BCUT2D eigenvalue weighted by Crippen LogP contribution is -2.04. The zero-order valence-corrected chi connectivity index (χ0v) is 12.2. The first-order valence-electron chi connectivity index (χ1n) is 6.58. The van der Waals surface area contributed by atoms with Crippen molar-refractivity contribution in [3.05, 3.63) is 41.6 Å². The van der Waals surface area contributed by atoms with Crippen LogP contribution in [-0.4, -0.2) is 16.0 Å². The summed E-state index contributed by atoms with van der Waals surface area (Å²) in [5, 5.41) is 4.75. The van der Waals surface area contributed by atoms with Gasteiger partial charge in [0.2, 0.25) is 5.95 Å². The molecule has 2 aromatic heterocycles. The van der Waals surface area contributed by atoms with E-state index in [1.807, 2.05) is 18.2 Å². The second-order valence-electron chi connectivity index (χ2n) is 4.95. The molecule has 20 heavy (non-hydrogen) atoms. The van der Waals surface area contributed by atoms with Crippen LogP contribution >= 0.6 is 22.9 Å². The van der Waals surface area contributed by atoms with E-state index in [-0.39, 0.29) is 0 Å². The third-order valence-electron chi connectivity index (χ3n) is 3.32. The zero-order chi connectivity index (χ0) is 13.5. The smallest absolute Gasteiger partial charge is 0.225 e. The number of nitrogens with one attached hydrogen (secondary N) is 1. The van der Waals surface area contributed by atoms with Crippen molar-refractivity contribution < 1.29 is 0 Å². The molecule has 1 aliphatic rings. The molecule has 1 saturated carbocycles. The van der Waals surface area contributed by atoms with E-state index < -0.39 is 0 Å². The summed E-state index contributed by atoms with van der Waals surface area (Å²) in [4.78, 5) is 11.0. The van der Waals surface area contributed by atoms with Crippen molar-refractivity contribution >= 4 is 39.1 Å². The Morgan fingerprint density at radius 2 is 1.95 bits per heavy atom. The summed E-state index contributed by atoms with van der Waals surface area (Å²) in [6, 6.07) is 12.9. The van der Waals surface area contributed by atoms with Crippen molar-refractivity contribution in [2.45, 2.75) is 18.9 Å². The first-order chi connectivity index (χ1) is 9.79. The third kappa shape index (κ3) is 2.25. The van der Waals surface area contributed by atoms with E-state index in [1.165, 1.54) is 23.3 Å². The van der Waals surface area contributed by atoms with Crippen LogP contribution in [0.4, 0.5) is 5.95 Å². The Kier molecular flexibility index (Phi) is 2.86. The molecule has 0 amide bonds. The Bertz CT molecular complexity index is 765. The number of thiophene rings is 1. The normalized spacial score (nSPS) is 14.7. The van der Waals surface area contributed by atoms with Crippen LogP contribution in [0.3, 0.4) is 0 Å². The Labute approximate surface area is 125 Å². The van der Waals surface area contributed by atoms with Crippen LogP contribution in [0.15, 0.2) is 36.4 Å². The highest BCUT2D eigenvalue weighted by Crippen LogP contribution is 2.36. The minimum absolute atomic E-state index is 0.525. The molecule has 0 atom stereocenters. The van der Waals surface area contributed by atoms with Crippen LogP contribution in [-0.2, 0) is 0 Å². The molecule has 1 N–H and O–H groups in total. The Balaban J connectivity index is 1.80. The van der Waals surface area contributed by atoms with Crippen molar-refractivity contribution in [3.8, 4) is 10.4 Å². The van der Waals surface area contributed by atoms with E-state index in [1.54, 1.807) is 11.3 Å². The highest BCUT2D eigenvalue weighted by molar-refractivity contribution is 7.22. The molecule has 0 unspecified atom stereocenters. The highest BCUT2D eigenvalue weighted by atomic mass is 35.5. The standard InChI is InChI=1S/C15H12ClN3S/c16-13-11-8-12(9-4-2-1-3-5-9)20-14(11)19-15(18-13)17-10-6-7-10/h1-5,8,10H,6-7H2,(H,17,18,19). The molecule has 0 bridgehead atoms. The van der Waals surface area contributed by atoms with Crippen LogP contribution in [0.1, 0.15) is 12.8 Å². The Morgan fingerprint density at radius 3 is 2.70 bits per heavy atom. The molecule has 0 aliphatic heterocycles. The van der Waals surface area contributed by atoms with Crippen molar-refractivity contribution in [2.24, 2.45) is 0 Å². The number of fused-ring (bicyclic) bond motifs is 1. The summed E-state index contributed by atoms with van der Waals surface area (Å²) in [5.74, 6) is 0.645. The summed E-state index contributed by atoms with van der Waals surface area (Å²) >= 11 is 7.93. The number of aromatic nitrogens is 2. The lowest BCUT2D eigenvalue weighted by Gasteiger charge is -2.02. The number of hydrogen-bond donors (Lipinski definition) is 1. The van der Waals surface area contributed by atoms with Crippen LogP contribution < -0.4 is 5.32 Å². The quantitative estimate of drug-likeness (QED) is 0.719. The van der Waals surface area contributed by atoms with Crippen molar-refractivity contribution in [1.29, 1.82) is 0 Å². The van der Waals surface area contributed by atoms with E-state index in [9.17, 15) is 0 Å². The topological polar surface area (TPSA) is 37.8 Å². The van der Waals surface area contributed by atoms with Gasteiger partial charge in [0.05, 0.1) is 0 Å². The molecule has 3 nitrogen and oxygen atoms in total. The van der Waals surface area contributed by atoms with Gasteiger partial charge in [0.25, 0.3) is 0 Å². The molecule has 0 saturated heterocycles. The van der Waals surface area contributed by atoms with Crippen molar-refractivity contribution in [3.63, 3.8) is 0 Å². The number of anilines is 1. The predicted molar refractivity (Wildman–Crippen MR) is 84.5 cm³/mol. The lowest BCUT2D eigenvalue weighted by molar-refractivity contribution is 1.07. The third-order valence-corrected chi connectivity index (χ3v) is 4.68. The fourth-order valence-corrected chi connectivity index (χ4v) is 3.42. The summed E-state index contributed by atoms with van der Waals surface area (Å²) < 4.78 is 0. The maximum atomic E-state index is 6.28. The van der Waals surface area contributed by atoms with Gasteiger partial charge in [-0.25, -0.2) is 9.97 Å². The van der Waals surface area contributed by atoms with Crippen LogP contribution in [0.2, 0.25) is 5.15 Å². The molecule has 3 aromatic rings. The van der Waals surface area contributed by atoms with E-state index >= 15 is 0 Å². The van der Waals surface area contributed by atoms with E-state index in [0.29, 0.717) is 17.1 Å². The molecule has 2 heterocycles. The van der Waals surface area contributed by atoms with E-state index in [2.05, 4.69) is 33.5 Å². The van der Waals surface area contributed by atoms with Gasteiger partial charge in [0, 0.05) is 16.3 Å². The van der Waals surface area contributed by atoms with Gasteiger partial charge in [-0.3, -0.25) is 0 Å². The first-order valence-corrected chi connectivity index (χ1v) is 7.78. The first kappa shape index (κ1) is 12.1. The zero-order valence-electron chi connectivity index (χ0n) is 10.6. The van der Waals surface area contributed by atoms with E-state index in [4.69, 9.17) is 11.6 Å². The number of halogens is 1. The van der Waals surface area contributed by atoms with E-state index in [0.717, 1.165) is 10.2 Å². The average molecular weight is 302 g/mol. The van der Waals surface area contributed by atoms with Gasteiger partial charge in [-0.05, 0) is 24.5 Å². The second kappa shape index (κ2) is 4.72. The second-order valence-corrected chi connectivity index (χ2v) is 6.34. The van der Waals surface area contributed by atoms with Gasteiger partial charge in [-0.1, -0.05) is 41.9 Å². The molecular weight excluding hydrogens is 290 g/mol. The van der Waals surface area contributed by atoms with Gasteiger partial charge >= 0.3 is 0 Å². The SMILES string of the molecule is Clc1nc(NC2CC2)nc2sc(-c3ccccc3)cc12. The summed E-state index contributed by atoms with van der Waals surface area (Å²) in [6.45, 7) is 0. The molecule has 4 rings (SSSR count). The minimum Gasteiger partial charge on any atom is -0.351 e. The largest absolute Gasteiger partial charge is 0.351 e. The van der Waals surface area contributed by atoms with Crippen LogP contribution in [0.5, 0.6) is 0 Å². The van der Waals surface area contributed by atoms with Crippen LogP contribution in [0.25, 0.3) is 20.7 Å². The van der Waals surface area contributed by atoms with Gasteiger partial charge in [0.15, 0.2) is 0 Å². The summed E-state index contributed by atoms with van der Waals surface area (Å²) in [7, 11) is 0. The maximum Gasteiger partial charge on any atom is 0.225 e. The van der Waals surface area contributed by atoms with Gasteiger partial charge in [0.1, 0.15) is 9.98 Å². The number of hydrogen-bond acceptors (Lipinski definition) is 4. The van der Waals surface area contributed by atoms with Gasteiger partial charge < -0.3 is 5.32 Å². The fraction of sp³-hybridized carbons (Fsp3) is 0.200. The maximum absolute atomic E-state index is 6.28. The molecule has 1 aliphatic carbocycles. The Morgan fingerprint density at radius 1 is 1.15 bits per heavy atom. The van der Waals surface area contributed by atoms with Crippen LogP contribution in [0, 0.1) is 0 Å². The molecule has 5 heteroatoms. The lowest BCUT2D eigenvalue weighted by atomic mass is 10.2. The van der Waals surface area contributed by atoms with Gasteiger partial charge in [-0.15, -0.1) is 11.3 Å². The molecule has 100 valence electrons. The average Bonchev–Trinajstić information content (AvgIpc) is 3.16. The number of benzene rings is 1. The molecular formula is C15H12ClN3S. The summed E-state index contributed by atoms with van der Waals surface area (Å²) in [6.07, 6.45) is 2.39. The number of nitrogens with zero attached hydrogens (tertiary/aromatic N) is 2. The predicted octanol–water partition coefficient (Wildman–Crippen LogP) is 4.59.